The predicted octanol–water partition coefficient (Wildman–Crippen LogP) is -0.151. The molecule has 0 bridgehead atoms. The van der Waals surface area contributed by atoms with Crippen molar-refractivity contribution in [2.75, 3.05) is 13.1 Å². The number of piperidine rings is 1. The molecule has 2 rings (SSSR count). The van der Waals surface area contributed by atoms with E-state index < -0.39 is 17.1 Å². The Hall–Kier alpha value is -0.885. The fourth-order valence-electron chi connectivity index (χ4n) is 2.31. The quantitative estimate of drug-likeness (QED) is 0.756. The first kappa shape index (κ1) is 14.5. The molecule has 5 nitrogen and oxygen atoms in total. The van der Waals surface area contributed by atoms with Gasteiger partial charge in [-0.25, -0.2) is 8.42 Å². The molecule has 1 aromatic rings. The highest BCUT2D eigenvalue weighted by atomic mass is 32.2. The molecule has 0 spiro atoms. The van der Waals surface area contributed by atoms with Gasteiger partial charge in [0.1, 0.15) is 0 Å². The second kappa shape index (κ2) is 5.62. The molecule has 0 amide bonds. The van der Waals surface area contributed by atoms with E-state index in [0.29, 0.717) is 18.7 Å². The van der Waals surface area contributed by atoms with Crippen LogP contribution in [0.2, 0.25) is 0 Å². The van der Waals surface area contributed by atoms with Gasteiger partial charge in [0.2, 0.25) is 10.0 Å². The molecule has 19 heavy (non-hydrogen) atoms. The lowest BCUT2D eigenvalue weighted by Crippen LogP contribution is -2.37. The minimum atomic E-state index is -3.52. The zero-order valence-electron chi connectivity index (χ0n) is 10.9. The van der Waals surface area contributed by atoms with Gasteiger partial charge in [0.25, 0.3) is 0 Å². The van der Waals surface area contributed by atoms with Gasteiger partial charge in [0, 0.05) is 13.1 Å². The van der Waals surface area contributed by atoms with E-state index in [1.807, 2.05) is 0 Å². The van der Waals surface area contributed by atoms with Crippen molar-refractivity contribution in [1.82, 2.24) is 4.31 Å². The Morgan fingerprint density at radius 2 is 1.79 bits per heavy atom. The van der Waals surface area contributed by atoms with Gasteiger partial charge in [0.15, 0.2) is 0 Å². The summed E-state index contributed by atoms with van der Waals surface area (Å²) >= 11 is 0. The van der Waals surface area contributed by atoms with Crippen LogP contribution in [-0.4, -0.2) is 43.0 Å². The van der Waals surface area contributed by atoms with E-state index in [4.69, 9.17) is 0 Å². The summed E-state index contributed by atoms with van der Waals surface area (Å²) in [6.45, 7) is 2.78. The number of rotatable bonds is 3. The molecule has 0 aromatic heterocycles. The SMILES string of the molecule is Cc1ccc(S(=O)(=O)N2CCCCC2)cc1B(O)O. The van der Waals surface area contributed by atoms with E-state index in [0.717, 1.165) is 19.3 Å². The fraction of sp³-hybridized carbons (Fsp3) is 0.500. The van der Waals surface area contributed by atoms with Gasteiger partial charge in [-0.15, -0.1) is 0 Å². The Morgan fingerprint density at radius 3 is 2.37 bits per heavy atom. The molecule has 104 valence electrons. The summed E-state index contributed by atoms with van der Waals surface area (Å²) in [4.78, 5) is 0.128. The van der Waals surface area contributed by atoms with Crippen LogP contribution in [0, 0.1) is 6.92 Å². The van der Waals surface area contributed by atoms with E-state index in [1.165, 1.54) is 16.4 Å². The van der Waals surface area contributed by atoms with Gasteiger partial charge in [-0.1, -0.05) is 18.1 Å². The van der Waals surface area contributed by atoms with Crippen LogP contribution in [0.5, 0.6) is 0 Å². The second-order valence-corrected chi connectivity index (χ2v) is 6.79. The maximum atomic E-state index is 12.4. The predicted molar refractivity (Wildman–Crippen MR) is 73.6 cm³/mol. The van der Waals surface area contributed by atoms with Gasteiger partial charge in [-0.3, -0.25) is 0 Å². The zero-order valence-corrected chi connectivity index (χ0v) is 11.7. The molecule has 1 aliphatic rings. The van der Waals surface area contributed by atoms with E-state index in [1.54, 1.807) is 13.0 Å². The maximum Gasteiger partial charge on any atom is 0.488 e. The van der Waals surface area contributed by atoms with Crippen molar-refractivity contribution in [1.29, 1.82) is 0 Å². The van der Waals surface area contributed by atoms with Crippen LogP contribution in [0.1, 0.15) is 24.8 Å². The highest BCUT2D eigenvalue weighted by Crippen LogP contribution is 2.20. The molecule has 0 unspecified atom stereocenters. The first-order valence-corrected chi connectivity index (χ1v) is 7.84. The molecule has 0 radical (unpaired) electrons. The maximum absolute atomic E-state index is 12.4. The number of hydrogen-bond donors (Lipinski definition) is 2. The molecule has 2 N–H and O–H groups in total. The second-order valence-electron chi connectivity index (χ2n) is 4.86. The summed E-state index contributed by atoms with van der Waals surface area (Å²) in [5, 5.41) is 18.5. The molecular formula is C12H18BNO4S. The van der Waals surface area contributed by atoms with Gasteiger partial charge in [-0.05, 0) is 37.4 Å². The third kappa shape index (κ3) is 3.00. The monoisotopic (exact) mass is 283 g/mol. The number of hydrogen-bond acceptors (Lipinski definition) is 4. The van der Waals surface area contributed by atoms with Crippen molar-refractivity contribution in [2.45, 2.75) is 31.1 Å². The average molecular weight is 283 g/mol. The van der Waals surface area contributed by atoms with Crippen LogP contribution >= 0.6 is 0 Å². The normalized spacial score (nSPS) is 17.4. The van der Waals surface area contributed by atoms with Crippen LogP contribution < -0.4 is 5.46 Å². The average Bonchev–Trinajstić information content (AvgIpc) is 2.39. The largest absolute Gasteiger partial charge is 0.488 e. The third-order valence-corrected chi connectivity index (χ3v) is 5.38. The van der Waals surface area contributed by atoms with E-state index in [-0.39, 0.29) is 10.4 Å². The Kier molecular flexibility index (Phi) is 4.30. The lowest BCUT2D eigenvalue weighted by atomic mass is 9.77. The molecule has 1 saturated heterocycles. The lowest BCUT2D eigenvalue weighted by Gasteiger charge is -2.26. The molecule has 0 saturated carbocycles. The Balaban J connectivity index is 2.37. The summed E-state index contributed by atoms with van der Waals surface area (Å²) in [6, 6.07) is 4.47. The standard InChI is InChI=1S/C12H18BNO4S/c1-10-5-6-11(9-12(10)13(15)16)19(17,18)14-7-3-2-4-8-14/h5-6,9,15-16H,2-4,7-8H2,1H3. The first-order valence-electron chi connectivity index (χ1n) is 6.40. The van der Waals surface area contributed by atoms with E-state index >= 15 is 0 Å². The molecule has 1 heterocycles. The van der Waals surface area contributed by atoms with Crippen LogP contribution in [0.15, 0.2) is 23.1 Å². The number of aryl methyl sites for hydroxylation is 1. The van der Waals surface area contributed by atoms with Crippen LogP contribution in [0.25, 0.3) is 0 Å². The summed E-state index contributed by atoms with van der Waals surface area (Å²) < 4.78 is 26.3. The van der Waals surface area contributed by atoms with Crippen LogP contribution in [0.3, 0.4) is 0 Å². The van der Waals surface area contributed by atoms with E-state index in [2.05, 4.69) is 0 Å². The summed E-state index contributed by atoms with van der Waals surface area (Å²) in [7, 11) is -5.18. The highest BCUT2D eigenvalue weighted by Gasteiger charge is 2.27. The van der Waals surface area contributed by atoms with Crippen molar-refractivity contribution < 1.29 is 18.5 Å². The Labute approximate surface area is 114 Å². The summed E-state index contributed by atoms with van der Waals surface area (Å²) in [5.74, 6) is 0. The number of sulfonamides is 1. The van der Waals surface area contributed by atoms with Gasteiger partial charge in [0.05, 0.1) is 4.90 Å². The zero-order chi connectivity index (χ0) is 14.0. The molecule has 7 heteroatoms. The van der Waals surface area contributed by atoms with E-state index in [9.17, 15) is 18.5 Å². The third-order valence-electron chi connectivity index (χ3n) is 3.48. The van der Waals surface area contributed by atoms with Crippen molar-refractivity contribution in [3.8, 4) is 0 Å². The minimum Gasteiger partial charge on any atom is -0.423 e. The summed E-state index contributed by atoms with van der Waals surface area (Å²) in [6.07, 6.45) is 2.81. The smallest absolute Gasteiger partial charge is 0.423 e. The van der Waals surface area contributed by atoms with Gasteiger partial charge in [-0.2, -0.15) is 4.31 Å². The topological polar surface area (TPSA) is 77.8 Å². The Morgan fingerprint density at radius 1 is 1.16 bits per heavy atom. The minimum absolute atomic E-state index is 0.128. The number of nitrogens with zero attached hydrogens (tertiary/aromatic N) is 1. The first-order chi connectivity index (χ1) is 8.93. The van der Waals surface area contributed by atoms with Gasteiger partial charge >= 0.3 is 7.12 Å². The molecular weight excluding hydrogens is 265 g/mol. The molecule has 1 aromatic carbocycles. The van der Waals surface area contributed by atoms with Crippen molar-refractivity contribution >= 4 is 22.6 Å². The summed E-state index contributed by atoms with van der Waals surface area (Å²) in [5.41, 5.74) is 0.894. The van der Waals surface area contributed by atoms with Crippen LogP contribution in [0.4, 0.5) is 0 Å². The highest BCUT2D eigenvalue weighted by molar-refractivity contribution is 7.89. The molecule has 0 atom stereocenters. The lowest BCUT2D eigenvalue weighted by molar-refractivity contribution is 0.346. The van der Waals surface area contributed by atoms with Gasteiger partial charge < -0.3 is 10.0 Å². The molecule has 0 aliphatic carbocycles. The Bertz CT molecular complexity index is 553. The van der Waals surface area contributed by atoms with Crippen LogP contribution in [-0.2, 0) is 10.0 Å². The van der Waals surface area contributed by atoms with Crippen molar-refractivity contribution in [2.24, 2.45) is 0 Å². The van der Waals surface area contributed by atoms with Crippen molar-refractivity contribution in [3.05, 3.63) is 23.8 Å². The fourth-order valence-corrected chi connectivity index (χ4v) is 3.86. The number of benzene rings is 1. The molecule has 1 fully saturated rings. The van der Waals surface area contributed by atoms with Crippen molar-refractivity contribution in [3.63, 3.8) is 0 Å². The molecule has 1 aliphatic heterocycles.